The lowest BCUT2D eigenvalue weighted by Crippen LogP contribution is -2.41. The van der Waals surface area contributed by atoms with Crippen LogP contribution in [0.3, 0.4) is 0 Å². The van der Waals surface area contributed by atoms with Crippen molar-refractivity contribution in [2.24, 2.45) is 5.92 Å². The van der Waals surface area contributed by atoms with Gasteiger partial charge in [0.2, 0.25) is 0 Å². The minimum Gasteiger partial charge on any atom is -0.481 e. The van der Waals surface area contributed by atoms with Crippen LogP contribution < -0.4 is 5.32 Å². The van der Waals surface area contributed by atoms with Crippen LogP contribution in [0.2, 0.25) is 5.02 Å². The molecule has 20 heavy (non-hydrogen) atoms. The van der Waals surface area contributed by atoms with E-state index in [1.165, 1.54) is 0 Å². The summed E-state index contributed by atoms with van der Waals surface area (Å²) in [5, 5.41) is 12.1. The Kier molecular flexibility index (Phi) is 4.84. The first kappa shape index (κ1) is 14.7. The zero-order valence-electron chi connectivity index (χ0n) is 11.0. The Labute approximate surface area is 122 Å². The first-order valence-electron chi connectivity index (χ1n) is 6.58. The van der Waals surface area contributed by atoms with Gasteiger partial charge in [-0.3, -0.25) is 4.79 Å². The number of likely N-dealkylation sites (tertiary alicyclic amines) is 1. The molecular weight excluding hydrogens is 280 g/mol. The van der Waals surface area contributed by atoms with E-state index in [4.69, 9.17) is 16.7 Å². The lowest BCUT2D eigenvalue weighted by atomic mass is 9.94. The van der Waals surface area contributed by atoms with E-state index in [2.05, 4.69) is 5.32 Å². The van der Waals surface area contributed by atoms with Gasteiger partial charge in [-0.25, -0.2) is 4.79 Å². The lowest BCUT2D eigenvalue weighted by Gasteiger charge is -2.31. The SMILES string of the molecule is O=C(O)CC1CCN(C(=O)Nc2cccc(Cl)c2)CC1. The molecule has 0 aliphatic carbocycles. The first-order chi connectivity index (χ1) is 9.54. The number of aliphatic carboxylic acids is 1. The Morgan fingerprint density at radius 3 is 2.65 bits per heavy atom. The van der Waals surface area contributed by atoms with Crippen molar-refractivity contribution in [2.75, 3.05) is 18.4 Å². The maximum Gasteiger partial charge on any atom is 0.321 e. The zero-order valence-corrected chi connectivity index (χ0v) is 11.8. The molecule has 1 heterocycles. The molecule has 6 heteroatoms. The van der Waals surface area contributed by atoms with Crippen LogP contribution in [0.1, 0.15) is 19.3 Å². The second-order valence-electron chi connectivity index (χ2n) is 4.97. The third kappa shape index (κ3) is 4.13. The molecule has 108 valence electrons. The Balaban J connectivity index is 1.84. The number of hydrogen-bond donors (Lipinski definition) is 2. The summed E-state index contributed by atoms with van der Waals surface area (Å²) in [6.45, 7) is 1.18. The molecule has 5 nitrogen and oxygen atoms in total. The average Bonchev–Trinajstić information content (AvgIpc) is 2.38. The van der Waals surface area contributed by atoms with Crippen molar-refractivity contribution in [3.8, 4) is 0 Å². The summed E-state index contributed by atoms with van der Waals surface area (Å²) < 4.78 is 0. The predicted octanol–water partition coefficient (Wildman–Crippen LogP) is 3.06. The van der Waals surface area contributed by atoms with Gasteiger partial charge in [-0.05, 0) is 37.0 Å². The molecule has 1 aromatic carbocycles. The molecule has 2 rings (SSSR count). The van der Waals surface area contributed by atoms with Crippen LogP contribution in [0.4, 0.5) is 10.5 Å². The number of amides is 2. The highest BCUT2D eigenvalue weighted by Gasteiger charge is 2.24. The molecule has 0 radical (unpaired) electrons. The summed E-state index contributed by atoms with van der Waals surface area (Å²) in [5.74, 6) is -0.602. The number of anilines is 1. The van der Waals surface area contributed by atoms with Gasteiger partial charge in [-0.15, -0.1) is 0 Å². The van der Waals surface area contributed by atoms with Crippen molar-refractivity contribution < 1.29 is 14.7 Å². The highest BCUT2D eigenvalue weighted by molar-refractivity contribution is 6.30. The average molecular weight is 297 g/mol. The highest BCUT2D eigenvalue weighted by Crippen LogP contribution is 2.21. The Morgan fingerprint density at radius 2 is 2.05 bits per heavy atom. The molecule has 0 aromatic heterocycles. The Bertz CT molecular complexity index is 499. The largest absolute Gasteiger partial charge is 0.481 e. The Morgan fingerprint density at radius 1 is 1.35 bits per heavy atom. The van der Waals surface area contributed by atoms with Crippen molar-refractivity contribution in [1.82, 2.24) is 4.90 Å². The molecule has 0 spiro atoms. The van der Waals surface area contributed by atoms with Gasteiger partial charge in [-0.2, -0.15) is 0 Å². The van der Waals surface area contributed by atoms with Gasteiger partial charge in [-0.1, -0.05) is 17.7 Å². The van der Waals surface area contributed by atoms with Crippen molar-refractivity contribution >= 4 is 29.3 Å². The van der Waals surface area contributed by atoms with Crippen LogP contribution in [-0.4, -0.2) is 35.1 Å². The molecule has 0 bridgehead atoms. The number of carbonyl (C=O) groups is 2. The van der Waals surface area contributed by atoms with Crippen LogP contribution in [0.25, 0.3) is 0 Å². The number of halogens is 1. The van der Waals surface area contributed by atoms with Gasteiger partial charge in [0.1, 0.15) is 0 Å². The molecule has 0 atom stereocenters. The number of urea groups is 1. The van der Waals surface area contributed by atoms with Crippen LogP contribution in [0, 0.1) is 5.92 Å². The summed E-state index contributed by atoms with van der Waals surface area (Å²) in [5.41, 5.74) is 0.662. The second-order valence-corrected chi connectivity index (χ2v) is 5.41. The summed E-state index contributed by atoms with van der Waals surface area (Å²) in [6.07, 6.45) is 1.65. The molecular formula is C14H17ClN2O3. The first-order valence-corrected chi connectivity index (χ1v) is 6.95. The number of nitrogens with zero attached hydrogens (tertiary/aromatic N) is 1. The summed E-state index contributed by atoms with van der Waals surface area (Å²) in [7, 11) is 0. The number of rotatable bonds is 3. The van der Waals surface area contributed by atoms with Gasteiger partial charge in [0, 0.05) is 30.2 Å². The Hall–Kier alpha value is -1.75. The van der Waals surface area contributed by atoms with Crippen molar-refractivity contribution in [3.05, 3.63) is 29.3 Å². The van der Waals surface area contributed by atoms with E-state index >= 15 is 0 Å². The molecule has 0 unspecified atom stereocenters. The second kappa shape index (κ2) is 6.61. The zero-order chi connectivity index (χ0) is 14.5. The van der Waals surface area contributed by atoms with E-state index in [0.717, 1.165) is 12.8 Å². The molecule has 1 aliphatic heterocycles. The summed E-state index contributed by atoms with van der Waals surface area (Å²) in [6, 6.07) is 6.82. The highest BCUT2D eigenvalue weighted by atomic mass is 35.5. The molecule has 2 amide bonds. The fraction of sp³-hybridized carbons (Fsp3) is 0.429. The lowest BCUT2D eigenvalue weighted by molar-refractivity contribution is -0.138. The third-order valence-corrected chi connectivity index (χ3v) is 3.68. The minimum absolute atomic E-state index is 0.166. The van der Waals surface area contributed by atoms with Crippen LogP contribution in [0.15, 0.2) is 24.3 Å². The van der Waals surface area contributed by atoms with Gasteiger partial charge in [0.25, 0.3) is 0 Å². The number of carboxylic acids is 1. The molecule has 2 N–H and O–H groups in total. The molecule has 1 fully saturated rings. The fourth-order valence-corrected chi connectivity index (χ4v) is 2.55. The van der Waals surface area contributed by atoms with Crippen molar-refractivity contribution in [3.63, 3.8) is 0 Å². The maximum absolute atomic E-state index is 12.1. The number of nitrogens with one attached hydrogen (secondary N) is 1. The number of carboxylic acid groups (broad SMARTS) is 1. The summed E-state index contributed by atoms with van der Waals surface area (Å²) >= 11 is 5.86. The van der Waals surface area contributed by atoms with Gasteiger partial charge >= 0.3 is 12.0 Å². The van der Waals surface area contributed by atoms with E-state index in [1.807, 2.05) is 0 Å². The summed E-state index contributed by atoms with van der Waals surface area (Å²) in [4.78, 5) is 24.4. The number of hydrogen-bond acceptors (Lipinski definition) is 2. The smallest absolute Gasteiger partial charge is 0.321 e. The van der Waals surface area contributed by atoms with Gasteiger partial charge < -0.3 is 15.3 Å². The monoisotopic (exact) mass is 296 g/mol. The predicted molar refractivity (Wildman–Crippen MR) is 77.0 cm³/mol. The third-order valence-electron chi connectivity index (χ3n) is 3.44. The fourth-order valence-electron chi connectivity index (χ4n) is 2.36. The van der Waals surface area contributed by atoms with Gasteiger partial charge in [0.15, 0.2) is 0 Å². The molecule has 1 aliphatic rings. The van der Waals surface area contributed by atoms with Crippen LogP contribution >= 0.6 is 11.6 Å². The van der Waals surface area contributed by atoms with E-state index in [0.29, 0.717) is 23.8 Å². The molecule has 1 aromatic rings. The molecule has 0 saturated carbocycles. The van der Waals surface area contributed by atoms with E-state index in [9.17, 15) is 9.59 Å². The van der Waals surface area contributed by atoms with E-state index < -0.39 is 5.97 Å². The van der Waals surface area contributed by atoms with E-state index in [1.54, 1.807) is 29.2 Å². The topological polar surface area (TPSA) is 69.6 Å². The van der Waals surface area contributed by atoms with Crippen LogP contribution in [0.5, 0.6) is 0 Å². The van der Waals surface area contributed by atoms with Crippen molar-refractivity contribution in [1.29, 1.82) is 0 Å². The number of piperidine rings is 1. The van der Waals surface area contributed by atoms with Crippen LogP contribution in [-0.2, 0) is 4.79 Å². The van der Waals surface area contributed by atoms with Crippen molar-refractivity contribution in [2.45, 2.75) is 19.3 Å². The standard InChI is InChI=1S/C14H17ClN2O3/c15-11-2-1-3-12(9-11)16-14(20)17-6-4-10(5-7-17)8-13(18)19/h1-3,9-10H,4-8H2,(H,16,20)(H,18,19). The quantitative estimate of drug-likeness (QED) is 0.900. The van der Waals surface area contributed by atoms with E-state index in [-0.39, 0.29) is 18.4 Å². The number of benzene rings is 1. The molecule has 1 saturated heterocycles. The maximum atomic E-state index is 12.1. The normalized spacial score (nSPS) is 15.9. The van der Waals surface area contributed by atoms with Gasteiger partial charge in [0.05, 0.1) is 0 Å². The minimum atomic E-state index is -0.771. The number of carbonyl (C=O) groups excluding carboxylic acids is 1.